The van der Waals surface area contributed by atoms with E-state index >= 15 is 0 Å². The number of nitrogens with zero attached hydrogens (tertiary/aromatic N) is 1. The molecule has 0 atom stereocenters. The zero-order chi connectivity index (χ0) is 18.4. The van der Waals surface area contributed by atoms with Crippen LogP contribution in [-0.2, 0) is 4.79 Å². The van der Waals surface area contributed by atoms with Gasteiger partial charge in [-0.3, -0.25) is 4.79 Å². The maximum Gasteiger partial charge on any atom is 0.262 e. The van der Waals surface area contributed by atoms with Gasteiger partial charge in [-0.05, 0) is 53.8 Å². The second-order valence-electron chi connectivity index (χ2n) is 5.64. The Labute approximate surface area is 166 Å². The molecule has 26 heavy (non-hydrogen) atoms. The van der Waals surface area contributed by atoms with Crippen molar-refractivity contribution in [3.63, 3.8) is 0 Å². The predicted molar refractivity (Wildman–Crippen MR) is 109 cm³/mol. The number of carbonyl (C=O) groups is 1. The van der Waals surface area contributed by atoms with Crippen LogP contribution in [0.5, 0.6) is 5.75 Å². The van der Waals surface area contributed by atoms with Crippen LogP contribution in [0.15, 0.2) is 42.5 Å². The molecule has 0 spiro atoms. The van der Waals surface area contributed by atoms with E-state index in [1.165, 1.54) is 23.5 Å². The van der Waals surface area contributed by atoms with E-state index in [4.69, 9.17) is 21.6 Å². The van der Waals surface area contributed by atoms with Crippen molar-refractivity contribution in [1.29, 1.82) is 5.26 Å². The highest BCUT2D eigenvalue weighted by Crippen LogP contribution is 2.43. The predicted octanol–water partition coefficient (Wildman–Crippen LogP) is 5.10. The fourth-order valence-corrected chi connectivity index (χ4v) is 5.55. The first-order chi connectivity index (χ1) is 12.7. The Morgan fingerprint density at radius 2 is 1.96 bits per heavy atom. The largest absolute Gasteiger partial charge is 0.484 e. The molecule has 0 bridgehead atoms. The van der Waals surface area contributed by atoms with E-state index in [0.29, 0.717) is 26.6 Å². The van der Waals surface area contributed by atoms with Crippen LogP contribution < -0.4 is 10.1 Å². The number of hydrogen-bond acceptors (Lipinski definition) is 5. The van der Waals surface area contributed by atoms with E-state index < -0.39 is 0 Å². The first kappa shape index (κ1) is 19.0. The van der Waals surface area contributed by atoms with E-state index in [9.17, 15) is 4.79 Å². The minimum atomic E-state index is -0.284. The van der Waals surface area contributed by atoms with E-state index in [2.05, 4.69) is 17.4 Å². The third-order valence-corrected chi connectivity index (χ3v) is 7.05. The van der Waals surface area contributed by atoms with Crippen molar-refractivity contribution in [1.82, 2.24) is 0 Å². The van der Waals surface area contributed by atoms with Crippen molar-refractivity contribution in [2.24, 2.45) is 0 Å². The molecule has 2 aromatic carbocycles. The molecule has 1 aliphatic heterocycles. The van der Waals surface area contributed by atoms with Crippen LogP contribution in [0, 0.1) is 11.3 Å². The van der Waals surface area contributed by atoms with Gasteiger partial charge in [-0.15, -0.1) is 23.5 Å². The Morgan fingerprint density at radius 3 is 2.62 bits per heavy atom. The van der Waals surface area contributed by atoms with Crippen molar-refractivity contribution in [3.8, 4) is 11.8 Å². The summed E-state index contributed by atoms with van der Waals surface area (Å²) in [5, 5.41) is 11.9. The molecule has 4 nitrogen and oxygen atoms in total. The van der Waals surface area contributed by atoms with Crippen LogP contribution in [0.4, 0.5) is 5.69 Å². The fraction of sp³-hybridized carbons (Fsp3) is 0.263. The molecule has 0 saturated carbocycles. The third kappa shape index (κ3) is 5.10. The number of carbonyl (C=O) groups excluding carboxylic acids is 1. The summed E-state index contributed by atoms with van der Waals surface area (Å²) in [6.45, 7) is -0.0934. The minimum Gasteiger partial charge on any atom is -0.484 e. The highest BCUT2D eigenvalue weighted by atomic mass is 35.5. The number of rotatable bonds is 5. The SMILES string of the molecule is N#Cc1ccc(NC(=O)COc2ccc(C3SCCCS3)cc2)cc1Cl. The molecule has 0 unspecified atom stereocenters. The number of amides is 1. The van der Waals surface area contributed by atoms with Crippen LogP contribution in [0.2, 0.25) is 5.02 Å². The summed E-state index contributed by atoms with van der Waals surface area (Å²) in [6, 6.07) is 14.6. The van der Waals surface area contributed by atoms with Gasteiger partial charge < -0.3 is 10.1 Å². The van der Waals surface area contributed by atoms with Crippen LogP contribution >= 0.6 is 35.1 Å². The van der Waals surface area contributed by atoms with Gasteiger partial charge in [0, 0.05) is 5.69 Å². The molecule has 0 aromatic heterocycles. The van der Waals surface area contributed by atoms with Gasteiger partial charge in [-0.1, -0.05) is 23.7 Å². The van der Waals surface area contributed by atoms with Crippen molar-refractivity contribution in [3.05, 3.63) is 58.6 Å². The van der Waals surface area contributed by atoms with Crippen LogP contribution in [0.3, 0.4) is 0 Å². The topological polar surface area (TPSA) is 62.1 Å². The number of nitriles is 1. The minimum absolute atomic E-state index is 0.0934. The Kier molecular flexibility index (Phi) is 6.73. The summed E-state index contributed by atoms with van der Waals surface area (Å²) in [4.78, 5) is 12.0. The fourth-order valence-electron chi connectivity index (χ4n) is 2.43. The third-order valence-electron chi connectivity index (χ3n) is 3.72. The molecule has 2 aromatic rings. The van der Waals surface area contributed by atoms with Gasteiger partial charge in [0.25, 0.3) is 5.91 Å². The molecule has 1 N–H and O–H groups in total. The normalized spacial score (nSPS) is 14.5. The van der Waals surface area contributed by atoms with Gasteiger partial charge in [0.05, 0.1) is 15.2 Å². The molecule has 1 saturated heterocycles. The van der Waals surface area contributed by atoms with Crippen molar-refractivity contribution in [2.45, 2.75) is 11.0 Å². The molecular weight excluding hydrogens is 388 g/mol. The lowest BCUT2D eigenvalue weighted by Crippen LogP contribution is -2.20. The lowest BCUT2D eigenvalue weighted by atomic mass is 10.2. The quantitative estimate of drug-likeness (QED) is 0.751. The van der Waals surface area contributed by atoms with Crippen molar-refractivity contribution < 1.29 is 9.53 Å². The molecule has 3 rings (SSSR count). The number of halogens is 1. The highest BCUT2D eigenvalue weighted by molar-refractivity contribution is 8.16. The Bertz CT molecular complexity index is 815. The van der Waals surface area contributed by atoms with E-state index in [0.717, 1.165) is 0 Å². The van der Waals surface area contributed by atoms with E-state index in [1.807, 2.05) is 41.7 Å². The van der Waals surface area contributed by atoms with E-state index in [1.54, 1.807) is 18.2 Å². The molecule has 1 heterocycles. The average molecular weight is 405 g/mol. The second kappa shape index (κ2) is 9.22. The molecule has 134 valence electrons. The highest BCUT2D eigenvalue weighted by Gasteiger charge is 2.16. The van der Waals surface area contributed by atoms with E-state index in [-0.39, 0.29) is 12.5 Å². The van der Waals surface area contributed by atoms with Crippen LogP contribution in [0.25, 0.3) is 0 Å². The Morgan fingerprint density at radius 1 is 1.23 bits per heavy atom. The Hall–Kier alpha value is -1.81. The molecule has 7 heteroatoms. The number of benzene rings is 2. The van der Waals surface area contributed by atoms with Gasteiger partial charge in [-0.2, -0.15) is 5.26 Å². The maximum atomic E-state index is 12.0. The number of thioether (sulfide) groups is 2. The summed E-state index contributed by atoms with van der Waals surface area (Å²) < 4.78 is 6.03. The zero-order valence-corrected chi connectivity index (χ0v) is 16.3. The molecule has 1 aliphatic rings. The molecule has 0 aliphatic carbocycles. The number of anilines is 1. The van der Waals surface area contributed by atoms with Crippen LogP contribution in [0.1, 0.15) is 22.1 Å². The average Bonchev–Trinajstić information content (AvgIpc) is 2.68. The first-order valence-electron chi connectivity index (χ1n) is 8.11. The monoisotopic (exact) mass is 404 g/mol. The summed E-state index contributed by atoms with van der Waals surface area (Å²) in [7, 11) is 0. The van der Waals surface area contributed by atoms with Gasteiger partial charge in [0.1, 0.15) is 11.8 Å². The van der Waals surface area contributed by atoms with Crippen molar-refractivity contribution in [2.75, 3.05) is 23.4 Å². The summed E-state index contributed by atoms with van der Waals surface area (Å²) >= 11 is 9.90. The van der Waals surface area contributed by atoms with Crippen LogP contribution in [-0.4, -0.2) is 24.0 Å². The van der Waals surface area contributed by atoms with Gasteiger partial charge in [0.2, 0.25) is 0 Å². The maximum absolute atomic E-state index is 12.0. The summed E-state index contributed by atoms with van der Waals surface area (Å²) in [6.07, 6.45) is 1.27. The van der Waals surface area contributed by atoms with Gasteiger partial charge in [-0.25, -0.2) is 0 Å². The summed E-state index contributed by atoms with van der Waals surface area (Å²) in [5.41, 5.74) is 2.18. The Balaban J connectivity index is 1.51. The van der Waals surface area contributed by atoms with Gasteiger partial charge >= 0.3 is 0 Å². The van der Waals surface area contributed by atoms with Crippen molar-refractivity contribution >= 4 is 46.7 Å². The standard InChI is InChI=1S/C19H17ClN2O2S2/c20-17-10-15(5-2-14(17)11-21)22-18(23)12-24-16-6-3-13(4-7-16)19-25-8-1-9-26-19/h2-7,10,19H,1,8-9,12H2,(H,22,23). The lowest BCUT2D eigenvalue weighted by Gasteiger charge is -2.21. The lowest BCUT2D eigenvalue weighted by molar-refractivity contribution is -0.118. The number of hydrogen-bond donors (Lipinski definition) is 1. The first-order valence-corrected chi connectivity index (χ1v) is 10.6. The molecular formula is C19H17ClN2O2S2. The molecule has 0 radical (unpaired) electrons. The smallest absolute Gasteiger partial charge is 0.262 e. The van der Waals surface area contributed by atoms with Gasteiger partial charge in [0.15, 0.2) is 6.61 Å². The zero-order valence-electron chi connectivity index (χ0n) is 13.9. The number of ether oxygens (including phenoxy) is 1. The molecule has 1 amide bonds. The number of nitrogens with one attached hydrogen (secondary N) is 1. The summed E-state index contributed by atoms with van der Waals surface area (Å²) in [5.74, 6) is 2.78. The molecule has 1 fully saturated rings. The second-order valence-corrected chi connectivity index (χ2v) is 8.77.